The maximum Gasteiger partial charge on any atom is 0.265 e. The number of halogens is 1. The summed E-state index contributed by atoms with van der Waals surface area (Å²) in [5.41, 5.74) is 2.60. The van der Waals surface area contributed by atoms with E-state index in [1.807, 2.05) is 46.8 Å². The van der Waals surface area contributed by atoms with E-state index >= 15 is 0 Å². The highest BCUT2D eigenvalue weighted by Crippen LogP contribution is 2.28. The number of hydrogen-bond donors (Lipinski definition) is 2. The number of benzene rings is 2. The summed E-state index contributed by atoms with van der Waals surface area (Å²) in [4.78, 5) is 24.9. The fourth-order valence-electron chi connectivity index (χ4n) is 2.71. The van der Waals surface area contributed by atoms with Crippen molar-refractivity contribution in [2.45, 2.75) is 53.2 Å². The standard InChI is InChI=1S/C22H27BrN2O3/c1-13-10-17(23)11-14(2)19(13)28-15(3)20(26)24-18-9-7-8-16(12-18)21(27)25-22(4,5)6/h7-12,15H,1-6H3,(H,24,26)(H,25,27). The van der Waals surface area contributed by atoms with Crippen molar-refractivity contribution in [3.05, 3.63) is 57.6 Å². The molecular formula is C22H27BrN2O3. The largest absolute Gasteiger partial charge is 0.480 e. The number of rotatable bonds is 5. The predicted octanol–water partition coefficient (Wildman–Crippen LogP) is 5.00. The number of amides is 2. The monoisotopic (exact) mass is 446 g/mol. The van der Waals surface area contributed by atoms with Crippen LogP contribution in [0.5, 0.6) is 5.75 Å². The Bertz CT molecular complexity index is 865. The molecule has 2 aromatic rings. The van der Waals surface area contributed by atoms with Crippen LogP contribution in [0.2, 0.25) is 0 Å². The second-order valence-electron chi connectivity index (χ2n) is 7.90. The normalized spacial score (nSPS) is 12.2. The molecule has 0 aliphatic heterocycles. The fourth-order valence-corrected chi connectivity index (χ4v) is 3.40. The average Bonchev–Trinajstić information content (AvgIpc) is 2.56. The molecule has 0 saturated heterocycles. The molecule has 2 rings (SSSR count). The lowest BCUT2D eigenvalue weighted by molar-refractivity contribution is -0.122. The van der Waals surface area contributed by atoms with Gasteiger partial charge in [-0.1, -0.05) is 22.0 Å². The van der Waals surface area contributed by atoms with Crippen molar-refractivity contribution in [3.63, 3.8) is 0 Å². The maximum absolute atomic E-state index is 12.6. The zero-order valence-corrected chi connectivity index (χ0v) is 18.7. The van der Waals surface area contributed by atoms with Gasteiger partial charge < -0.3 is 15.4 Å². The van der Waals surface area contributed by atoms with E-state index in [9.17, 15) is 9.59 Å². The second kappa shape index (κ2) is 8.78. The molecule has 2 amide bonds. The Morgan fingerprint density at radius 1 is 1.07 bits per heavy atom. The highest BCUT2D eigenvalue weighted by atomic mass is 79.9. The van der Waals surface area contributed by atoms with Crippen molar-refractivity contribution in [1.82, 2.24) is 5.32 Å². The third-order valence-electron chi connectivity index (χ3n) is 3.97. The van der Waals surface area contributed by atoms with E-state index in [4.69, 9.17) is 4.74 Å². The summed E-state index contributed by atoms with van der Waals surface area (Å²) >= 11 is 3.46. The van der Waals surface area contributed by atoms with Gasteiger partial charge in [0.25, 0.3) is 11.8 Å². The molecule has 1 unspecified atom stereocenters. The smallest absolute Gasteiger partial charge is 0.265 e. The Morgan fingerprint density at radius 2 is 1.68 bits per heavy atom. The molecule has 2 N–H and O–H groups in total. The number of aryl methyl sites for hydroxylation is 2. The molecule has 0 aliphatic carbocycles. The second-order valence-corrected chi connectivity index (χ2v) is 8.82. The van der Waals surface area contributed by atoms with Crippen LogP contribution < -0.4 is 15.4 Å². The summed E-state index contributed by atoms with van der Waals surface area (Å²) in [6.07, 6.45) is -0.689. The maximum atomic E-state index is 12.6. The number of anilines is 1. The summed E-state index contributed by atoms with van der Waals surface area (Å²) in [6.45, 7) is 11.3. The highest BCUT2D eigenvalue weighted by molar-refractivity contribution is 9.10. The van der Waals surface area contributed by atoms with Gasteiger partial charge in [0.2, 0.25) is 0 Å². The van der Waals surface area contributed by atoms with Gasteiger partial charge in [0.05, 0.1) is 0 Å². The fraction of sp³-hybridized carbons (Fsp3) is 0.364. The molecule has 0 saturated carbocycles. The third kappa shape index (κ3) is 6.09. The number of carbonyl (C=O) groups excluding carboxylic acids is 2. The molecule has 28 heavy (non-hydrogen) atoms. The van der Waals surface area contributed by atoms with E-state index in [0.29, 0.717) is 17.0 Å². The Balaban J connectivity index is 2.08. The molecule has 0 bridgehead atoms. The molecule has 1 atom stereocenters. The van der Waals surface area contributed by atoms with Gasteiger partial charge in [0, 0.05) is 21.3 Å². The van der Waals surface area contributed by atoms with Crippen molar-refractivity contribution in [2.24, 2.45) is 0 Å². The number of hydrogen-bond acceptors (Lipinski definition) is 3. The molecule has 0 spiro atoms. The average molecular weight is 447 g/mol. The van der Waals surface area contributed by atoms with Gasteiger partial charge in [-0.2, -0.15) is 0 Å². The van der Waals surface area contributed by atoms with Gasteiger partial charge in [-0.15, -0.1) is 0 Å². The number of ether oxygens (including phenoxy) is 1. The van der Waals surface area contributed by atoms with Crippen molar-refractivity contribution >= 4 is 33.4 Å². The van der Waals surface area contributed by atoms with Crippen LogP contribution in [-0.2, 0) is 4.79 Å². The lowest BCUT2D eigenvalue weighted by Gasteiger charge is -2.21. The van der Waals surface area contributed by atoms with Crippen LogP contribution in [0.15, 0.2) is 40.9 Å². The predicted molar refractivity (Wildman–Crippen MR) is 116 cm³/mol. The van der Waals surface area contributed by atoms with Crippen molar-refractivity contribution in [1.29, 1.82) is 0 Å². The molecule has 150 valence electrons. The SMILES string of the molecule is Cc1cc(Br)cc(C)c1OC(C)C(=O)Nc1cccc(C(=O)NC(C)(C)C)c1. The summed E-state index contributed by atoms with van der Waals surface area (Å²) in [6, 6.07) is 10.7. The van der Waals surface area contributed by atoms with E-state index < -0.39 is 6.10 Å². The minimum absolute atomic E-state index is 0.186. The van der Waals surface area contributed by atoms with Gasteiger partial charge in [-0.05, 0) is 83.0 Å². The Morgan fingerprint density at radius 3 is 2.25 bits per heavy atom. The first-order chi connectivity index (χ1) is 13.0. The molecule has 0 aliphatic rings. The summed E-state index contributed by atoms with van der Waals surface area (Å²) in [7, 11) is 0. The molecule has 6 heteroatoms. The van der Waals surface area contributed by atoms with Gasteiger partial charge >= 0.3 is 0 Å². The Hall–Kier alpha value is -2.34. The topological polar surface area (TPSA) is 67.4 Å². The molecule has 0 fully saturated rings. The molecule has 0 heterocycles. The summed E-state index contributed by atoms with van der Waals surface area (Å²) < 4.78 is 6.87. The van der Waals surface area contributed by atoms with Gasteiger partial charge in [0.15, 0.2) is 6.10 Å². The Labute approximate surface area is 175 Å². The lowest BCUT2D eigenvalue weighted by Crippen LogP contribution is -2.40. The van der Waals surface area contributed by atoms with E-state index in [-0.39, 0.29) is 17.4 Å². The van der Waals surface area contributed by atoms with Crippen LogP contribution in [0.3, 0.4) is 0 Å². The lowest BCUT2D eigenvalue weighted by atomic mass is 10.1. The summed E-state index contributed by atoms with van der Waals surface area (Å²) in [5, 5.41) is 5.73. The molecular weight excluding hydrogens is 420 g/mol. The number of carbonyl (C=O) groups is 2. The van der Waals surface area contributed by atoms with Crippen LogP contribution in [-0.4, -0.2) is 23.5 Å². The van der Waals surface area contributed by atoms with Gasteiger partial charge in [-0.25, -0.2) is 0 Å². The third-order valence-corrected chi connectivity index (χ3v) is 4.43. The van der Waals surface area contributed by atoms with E-state index in [2.05, 4.69) is 26.6 Å². The molecule has 2 aromatic carbocycles. The zero-order valence-electron chi connectivity index (χ0n) is 17.1. The molecule has 0 aromatic heterocycles. The molecule has 5 nitrogen and oxygen atoms in total. The van der Waals surface area contributed by atoms with Gasteiger partial charge in [-0.3, -0.25) is 9.59 Å². The van der Waals surface area contributed by atoms with Crippen LogP contribution in [0.25, 0.3) is 0 Å². The first kappa shape index (κ1) is 22.0. The van der Waals surface area contributed by atoms with Crippen molar-refractivity contribution in [3.8, 4) is 5.75 Å². The van der Waals surface area contributed by atoms with E-state index in [1.165, 1.54) is 0 Å². The highest BCUT2D eigenvalue weighted by Gasteiger charge is 2.19. The van der Waals surface area contributed by atoms with Crippen LogP contribution in [0, 0.1) is 13.8 Å². The summed E-state index contributed by atoms with van der Waals surface area (Å²) in [5.74, 6) is 0.230. The number of nitrogens with one attached hydrogen (secondary N) is 2. The minimum Gasteiger partial charge on any atom is -0.480 e. The van der Waals surface area contributed by atoms with Crippen LogP contribution in [0.4, 0.5) is 5.69 Å². The Kier molecular flexibility index (Phi) is 6.88. The van der Waals surface area contributed by atoms with Gasteiger partial charge in [0.1, 0.15) is 5.75 Å². The quantitative estimate of drug-likeness (QED) is 0.678. The van der Waals surface area contributed by atoms with Crippen molar-refractivity contribution in [2.75, 3.05) is 5.32 Å². The van der Waals surface area contributed by atoms with E-state index in [0.717, 1.165) is 15.6 Å². The minimum atomic E-state index is -0.689. The van der Waals surface area contributed by atoms with E-state index in [1.54, 1.807) is 31.2 Å². The zero-order chi connectivity index (χ0) is 21.1. The van der Waals surface area contributed by atoms with Crippen LogP contribution in [0.1, 0.15) is 49.2 Å². The van der Waals surface area contributed by atoms with Crippen LogP contribution >= 0.6 is 15.9 Å². The van der Waals surface area contributed by atoms with Crippen molar-refractivity contribution < 1.29 is 14.3 Å². The first-order valence-corrected chi connectivity index (χ1v) is 9.92. The molecule has 0 radical (unpaired) electrons. The first-order valence-electron chi connectivity index (χ1n) is 9.13.